The van der Waals surface area contributed by atoms with Crippen LogP contribution in [0.3, 0.4) is 0 Å². The smallest absolute Gasteiger partial charge is 0.0605 e. The lowest BCUT2D eigenvalue weighted by Gasteiger charge is -2.25. The highest BCUT2D eigenvalue weighted by Gasteiger charge is 2.20. The molecule has 1 aromatic carbocycles. The Labute approximate surface area is 175 Å². The summed E-state index contributed by atoms with van der Waals surface area (Å²) in [5, 5.41) is 7.19. The van der Waals surface area contributed by atoms with Gasteiger partial charge in [0, 0.05) is 42.7 Å². The largest absolute Gasteiger partial charge is 0.309 e. The lowest BCUT2D eigenvalue weighted by atomic mass is 9.92. The molecule has 0 saturated heterocycles. The molecule has 3 aromatic rings. The molecule has 4 nitrogen and oxygen atoms in total. The Morgan fingerprint density at radius 3 is 2.61 bits per heavy atom. The summed E-state index contributed by atoms with van der Waals surface area (Å²) in [6.07, 6.45) is 9.11. The predicted octanol–water partition coefficient (Wildman–Crippen LogP) is 4.70. The lowest BCUT2D eigenvalue weighted by Crippen LogP contribution is -2.25. The number of benzene rings is 1. The second-order valence-corrected chi connectivity index (χ2v) is 8.11. The highest BCUT2D eigenvalue weighted by Crippen LogP contribution is 2.27. The summed E-state index contributed by atoms with van der Waals surface area (Å²) in [5.41, 5.74) is 6.45. The number of hydrogen-bond donors (Lipinski definition) is 2. The van der Waals surface area contributed by atoms with E-state index in [0.717, 1.165) is 36.9 Å². The summed E-state index contributed by atoms with van der Waals surface area (Å²) in [4.78, 5) is 8.71. The fourth-order valence-corrected chi connectivity index (χ4v) is 4.10. The molecule has 0 fully saturated rings. The van der Waals surface area contributed by atoms with Crippen LogP contribution in [0.2, 0.25) is 0 Å². The Balaban J connectivity index is 1.28. The van der Waals surface area contributed by atoms with Gasteiger partial charge in [0.05, 0.1) is 11.7 Å². The molecule has 0 amide bonds. The third kappa shape index (κ3) is 4.85. The van der Waals surface area contributed by atoms with Gasteiger partial charge >= 0.3 is 0 Å². The molecule has 1 atom stereocenters. The van der Waals surface area contributed by atoms with E-state index in [2.05, 4.69) is 66.9 Å². The first-order valence-corrected chi connectivity index (χ1v) is 10.6. The van der Waals surface area contributed by atoms with Crippen molar-refractivity contribution in [1.29, 1.82) is 0 Å². The van der Waals surface area contributed by atoms with Crippen LogP contribution in [0.5, 0.6) is 0 Å². The fraction of sp³-hybridized carbons (Fsp3) is 0.304. The second-order valence-electron chi connectivity index (χ2n) is 7.26. The Kier molecular flexibility index (Phi) is 6.47. The molecule has 2 aromatic heterocycles. The van der Waals surface area contributed by atoms with Crippen molar-refractivity contribution >= 4 is 15.9 Å². The maximum absolute atomic E-state index is 4.61. The van der Waals surface area contributed by atoms with Gasteiger partial charge in [-0.1, -0.05) is 30.3 Å². The van der Waals surface area contributed by atoms with Crippen LogP contribution >= 0.6 is 15.9 Å². The fourth-order valence-electron chi connectivity index (χ4n) is 3.71. The average molecular weight is 437 g/mol. The number of fused-ring (bicyclic) bond motifs is 1. The quantitative estimate of drug-likeness (QED) is 0.563. The molecule has 2 heterocycles. The Bertz CT molecular complexity index is 910. The number of pyridine rings is 2. The van der Waals surface area contributed by atoms with E-state index in [1.54, 1.807) is 0 Å². The van der Waals surface area contributed by atoms with Crippen molar-refractivity contribution < 1.29 is 0 Å². The molecule has 144 valence electrons. The topological polar surface area (TPSA) is 49.8 Å². The van der Waals surface area contributed by atoms with Crippen molar-refractivity contribution in [3.63, 3.8) is 0 Å². The molecule has 0 radical (unpaired) electrons. The first-order chi connectivity index (χ1) is 13.8. The van der Waals surface area contributed by atoms with E-state index >= 15 is 0 Å². The van der Waals surface area contributed by atoms with Gasteiger partial charge in [0.2, 0.25) is 0 Å². The van der Waals surface area contributed by atoms with E-state index in [-0.39, 0.29) is 0 Å². The summed E-state index contributed by atoms with van der Waals surface area (Å²) in [5.74, 6) is 0. The molecule has 1 aliphatic carbocycles. The predicted molar refractivity (Wildman–Crippen MR) is 116 cm³/mol. The third-order valence-corrected chi connectivity index (χ3v) is 5.99. The van der Waals surface area contributed by atoms with Gasteiger partial charge in [-0.05, 0) is 69.6 Å². The summed E-state index contributed by atoms with van der Waals surface area (Å²) < 4.78 is 1.04. The first kappa shape index (κ1) is 19.2. The summed E-state index contributed by atoms with van der Waals surface area (Å²) in [6.45, 7) is 2.54. The van der Waals surface area contributed by atoms with E-state index in [9.17, 15) is 0 Å². The maximum Gasteiger partial charge on any atom is 0.0605 e. The van der Waals surface area contributed by atoms with Gasteiger partial charge in [-0.25, -0.2) is 0 Å². The zero-order chi connectivity index (χ0) is 19.2. The Morgan fingerprint density at radius 2 is 1.79 bits per heavy atom. The van der Waals surface area contributed by atoms with E-state index in [1.165, 1.54) is 34.4 Å². The molecular formula is C23H25BrN4. The first-order valence-electron chi connectivity index (χ1n) is 9.84. The summed E-state index contributed by atoms with van der Waals surface area (Å²) in [7, 11) is 0. The van der Waals surface area contributed by atoms with E-state index in [4.69, 9.17) is 0 Å². The van der Waals surface area contributed by atoms with Crippen LogP contribution in [0.15, 0.2) is 65.5 Å². The zero-order valence-corrected chi connectivity index (χ0v) is 17.5. The number of aryl methyl sites for hydroxylation is 1. The van der Waals surface area contributed by atoms with Crippen molar-refractivity contribution in [2.24, 2.45) is 0 Å². The lowest BCUT2D eigenvalue weighted by molar-refractivity contribution is 0.447. The molecule has 0 saturated carbocycles. The molecule has 0 bridgehead atoms. The molecule has 2 N–H and O–H groups in total. The minimum atomic E-state index is 0.366. The van der Waals surface area contributed by atoms with Crippen LogP contribution in [0.1, 0.15) is 46.8 Å². The molecule has 4 rings (SSSR count). The average Bonchev–Trinajstić information content (AvgIpc) is 2.74. The molecule has 28 heavy (non-hydrogen) atoms. The number of nitrogens with zero attached hydrogens (tertiary/aromatic N) is 2. The third-order valence-electron chi connectivity index (χ3n) is 5.27. The molecule has 1 aliphatic rings. The molecule has 0 spiro atoms. The summed E-state index contributed by atoms with van der Waals surface area (Å²) >= 11 is 3.54. The Morgan fingerprint density at radius 1 is 0.964 bits per heavy atom. The standard InChI is InChI=1S/C23H25BrN4/c24-21-16-25-12-10-20(21)15-26-13-17-6-8-18(9-7-17)14-28-22-5-1-3-19-4-2-11-27-23(19)22/h2,4,6-12,16,22,26,28H,1,3,5,13-15H2. The van der Waals surface area contributed by atoms with Crippen molar-refractivity contribution in [3.8, 4) is 0 Å². The van der Waals surface area contributed by atoms with Gasteiger partial charge in [0.1, 0.15) is 0 Å². The minimum absolute atomic E-state index is 0.366. The maximum atomic E-state index is 4.61. The summed E-state index contributed by atoms with van der Waals surface area (Å²) in [6, 6.07) is 15.5. The van der Waals surface area contributed by atoms with Crippen LogP contribution in [0.4, 0.5) is 0 Å². The van der Waals surface area contributed by atoms with Crippen LogP contribution < -0.4 is 10.6 Å². The van der Waals surface area contributed by atoms with E-state index in [1.807, 2.05) is 30.7 Å². The normalized spacial score (nSPS) is 16.0. The SMILES string of the molecule is Brc1cnccc1CNCc1ccc(CNC2CCCc3cccnc32)cc1. The van der Waals surface area contributed by atoms with Gasteiger partial charge in [-0.3, -0.25) is 9.97 Å². The second kappa shape index (κ2) is 9.41. The highest BCUT2D eigenvalue weighted by atomic mass is 79.9. The number of rotatable bonds is 7. The van der Waals surface area contributed by atoms with Crippen LogP contribution in [0, 0.1) is 0 Å². The number of halogens is 1. The van der Waals surface area contributed by atoms with Crippen molar-refractivity contribution in [3.05, 3.63) is 93.5 Å². The van der Waals surface area contributed by atoms with Gasteiger partial charge < -0.3 is 10.6 Å². The number of hydrogen-bond acceptors (Lipinski definition) is 4. The Hall–Kier alpha value is -2.08. The molecule has 5 heteroatoms. The molecule has 0 aliphatic heterocycles. The highest BCUT2D eigenvalue weighted by molar-refractivity contribution is 9.10. The van der Waals surface area contributed by atoms with Crippen LogP contribution in [-0.2, 0) is 26.1 Å². The van der Waals surface area contributed by atoms with E-state index in [0.29, 0.717) is 6.04 Å². The number of nitrogens with one attached hydrogen (secondary N) is 2. The van der Waals surface area contributed by atoms with Crippen molar-refractivity contribution in [1.82, 2.24) is 20.6 Å². The molecular weight excluding hydrogens is 412 g/mol. The zero-order valence-electron chi connectivity index (χ0n) is 15.9. The minimum Gasteiger partial charge on any atom is -0.309 e. The molecule has 1 unspecified atom stereocenters. The van der Waals surface area contributed by atoms with E-state index < -0.39 is 0 Å². The van der Waals surface area contributed by atoms with Crippen LogP contribution in [0.25, 0.3) is 0 Å². The monoisotopic (exact) mass is 436 g/mol. The van der Waals surface area contributed by atoms with Gasteiger partial charge in [-0.2, -0.15) is 0 Å². The number of aromatic nitrogens is 2. The van der Waals surface area contributed by atoms with Crippen molar-refractivity contribution in [2.45, 2.75) is 44.9 Å². The van der Waals surface area contributed by atoms with Crippen molar-refractivity contribution in [2.75, 3.05) is 0 Å². The van der Waals surface area contributed by atoms with Crippen LogP contribution in [-0.4, -0.2) is 9.97 Å². The van der Waals surface area contributed by atoms with Gasteiger partial charge in [-0.15, -0.1) is 0 Å². The van der Waals surface area contributed by atoms with Gasteiger partial charge in [0.15, 0.2) is 0 Å². The van der Waals surface area contributed by atoms with Gasteiger partial charge in [0.25, 0.3) is 0 Å².